The van der Waals surface area contributed by atoms with Gasteiger partial charge in [-0.05, 0) is 49.4 Å². The number of nitrogens with zero attached hydrogens (tertiary/aromatic N) is 4. The number of benzene rings is 1. The van der Waals surface area contributed by atoms with Crippen LogP contribution in [0.5, 0.6) is 0 Å². The Morgan fingerprint density at radius 1 is 1.31 bits per heavy atom. The van der Waals surface area contributed by atoms with Gasteiger partial charge in [-0.25, -0.2) is 14.4 Å². The van der Waals surface area contributed by atoms with Gasteiger partial charge < -0.3 is 9.47 Å². The highest BCUT2D eigenvalue weighted by atomic mass is 35.5. The average molecular weight is 415 g/mol. The predicted octanol–water partition coefficient (Wildman–Crippen LogP) is 5.08. The highest BCUT2D eigenvalue weighted by molar-refractivity contribution is 6.33. The van der Waals surface area contributed by atoms with Crippen LogP contribution in [-0.4, -0.2) is 31.9 Å². The quantitative estimate of drug-likeness (QED) is 0.516. The number of halogens is 2. The Kier molecular flexibility index (Phi) is 5.81. The van der Waals surface area contributed by atoms with Crippen LogP contribution in [0.15, 0.2) is 36.5 Å². The molecule has 0 spiro atoms. The molecule has 0 bridgehead atoms. The van der Waals surface area contributed by atoms with Crippen molar-refractivity contribution in [3.63, 3.8) is 0 Å². The first-order chi connectivity index (χ1) is 14.1. The number of imidazole rings is 1. The summed E-state index contributed by atoms with van der Waals surface area (Å²) in [6.45, 7) is 3.72. The molecule has 1 aliphatic carbocycles. The van der Waals surface area contributed by atoms with E-state index in [0.717, 1.165) is 36.4 Å². The van der Waals surface area contributed by atoms with Crippen molar-refractivity contribution in [1.82, 2.24) is 19.4 Å². The van der Waals surface area contributed by atoms with Gasteiger partial charge in [0.1, 0.15) is 17.2 Å². The van der Waals surface area contributed by atoms with Crippen LogP contribution >= 0.6 is 11.6 Å². The van der Waals surface area contributed by atoms with Crippen molar-refractivity contribution < 1.29 is 9.18 Å². The lowest BCUT2D eigenvalue weighted by Gasteiger charge is -2.23. The van der Waals surface area contributed by atoms with Crippen LogP contribution in [0.25, 0.3) is 11.2 Å². The third-order valence-corrected chi connectivity index (χ3v) is 5.61. The molecule has 1 amide bonds. The molecule has 5 nitrogen and oxygen atoms in total. The van der Waals surface area contributed by atoms with Gasteiger partial charge in [0.25, 0.3) is 5.91 Å². The number of aromatic nitrogens is 3. The van der Waals surface area contributed by atoms with Crippen LogP contribution in [-0.2, 0) is 13.1 Å². The third-order valence-electron chi connectivity index (χ3n) is 5.30. The topological polar surface area (TPSA) is 51.0 Å². The maximum absolute atomic E-state index is 14.4. The van der Waals surface area contributed by atoms with Gasteiger partial charge in [0.05, 0.1) is 17.1 Å². The van der Waals surface area contributed by atoms with E-state index in [1.807, 2.05) is 12.1 Å². The number of carbonyl (C=O) groups excluding carboxylic acids is 1. The molecule has 2 heterocycles. The minimum absolute atomic E-state index is 0.0757. The summed E-state index contributed by atoms with van der Waals surface area (Å²) in [6.07, 6.45) is 5.91. The minimum Gasteiger partial charge on any atom is -0.331 e. The largest absolute Gasteiger partial charge is 0.331 e. The second-order valence-electron chi connectivity index (χ2n) is 7.61. The van der Waals surface area contributed by atoms with E-state index in [9.17, 15) is 9.18 Å². The standard InChI is InChI=1S/C22H24ClFN4O/c1-2-3-12-27(22(29)20-16(23)6-4-7-17(20)24)14-19-26-18-8-5-11-25-21(18)28(19)13-15-9-10-15/h4-8,11,15H,2-3,9-10,12-14H2,1H3. The second kappa shape index (κ2) is 8.49. The van der Waals surface area contributed by atoms with Crippen LogP contribution in [0.3, 0.4) is 0 Å². The molecule has 1 saturated carbocycles. The summed E-state index contributed by atoms with van der Waals surface area (Å²) in [5.41, 5.74) is 1.57. The first-order valence-corrected chi connectivity index (χ1v) is 10.5. The molecule has 0 atom stereocenters. The van der Waals surface area contributed by atoms with Crippen LogP contribution in [0, 0.1) is 11.7 Å². The van der Waals surface area contributed by atoms with Gasteiger partial charge in [-0.1, -0.05) is 31.0 Å². The van der Waals surface area contributed by atoms with E-state index in [2.05, 4.69) is 16.5 Å². The van der Waals surface area contributed by atoms with Crippen LogP contribution < -0.4 is 0 Å². The number of fused-ring (bicyclic) bond motifs is 1. The van der Waals surface area contributed by atoms with Gasteiger partial charge in [-0.2, -0.15) is 0 Å². The van der Waals surface area contributed by atoms with Crippen LogP contribution in [0.1, 0.15) is 48.8 Å². The Labute approximate surface area is 174 Å². The second-order valence-corrected chi connectivity index (χ2v) is 8.01. The van der Waals surface area contributed by atoms with E-state index in [0.29, 0.717) is 19.0 Å². The normalized spacial score (nSPS) is 13.8. The van der Waals surface area contributed by atoms with Crippen molar-refractivity contribution in [3.8, 4) is 0 Å². The molecular weight excluding hydrogens is 391 g/mol. The molecule has 1 fully saturated rings. The molecule has 1 aliphatic rings. The van der Waals surface area contributed by atoms with Crippen molar-refractivity contribution in [3.05, 3.63) is 58.8 Å². The predicted molar refractivity (Wildman–Crippen MR) is 111 cm³/mol. The number of rotatable bonds is 8. The number of amides is 1. The van der Waals surface area contributed by atoms with Crippen molar-refractivity contribution in [1.29, 1.82) is 0 Å². The zero-order valence-electron chi connectivity index (χ0n) is 16.4. The number of carbonyl (C=O) groups is 1. The lowest BCUT2D eigenvalue weighted by atomic mass is 10.1. The molecule has 29 heavy (non-hydrogen) atoms. The van der Waals surface area contributed by atoms with Gasteiger partial charge in [0.2, 0.25) is 0 Å². The van der Waals surface area contributed by atoms with Gasteiger partial charge in [-0.3, -0.25) is 4.79 Å². The fourth-order valence-electron chi connectivity index (χ4n) is 3.51. The Balaban J connectivity index is 1.69. The van der Waals surface area contributed by atoms with E-state index in [1.54, 1.807) is 17.2 Å². The van der Waals surface area contributed by atoms with E-state index < -0.39 is 11.7 Å². The van der Waals surface area contributed by atoms with Crippen molar-refractivity contribution >= 4 is 28.7 Å². The first-order valence-electron chi connectivity index (χ1n) is 10.1. The SMILES string of the molecule is CCCCN(Cc1nc2cccnc2n1CC1CC1)C(=O)c1c(F)cccc1Cl. The molecule has 152 valence electrons. The van der Waals surface area contributed by atoms with Crippen molar-refractivity contribution in [2.45, 2.75) is 45.7 Å². The third kappa shape index (κ3) is 4.27. The Morgan fingerprint density at radius 3 is 2.86 bits per heavy atom. The fourth-order valence-corrected chi connectivity index (χ4v) is 3.75. The van der Waals surface area contributed by atoms with Gasteiger partial charge in [-0.15, -0.1) is 0 Å². The van der Waals surface area contributed by atoms with E-state index in [-0.39, 0.29) is 10.6 Å². The van der Waals surface area contributed by atoms with Crippen molar-refractivity contribution in [2.75, 3.05) is 6.54 Å². The Hall–Kier alpha value is -2.47. The molecular formula is C22H24ClFN4O. The molecule has 0 radical (unpaired) electrons. The van der Waals surface area contributed by atoms with E-state index >= 15 is 0 Å². The number of hydrogen-bond donors (Lipinski definition) is 0. The monoisotopic (exact) mass is 414 g/mol. The maximum Gasteiger partial charge on any atom is 0.258 e. The maximum atomic E-state index is 14.4. The summed E-state index contributed by atoms with van der Waals surface area (Å²) in [4.78, 5) is 24.1. The lowest BCUT2D eigenvalue weighted by molar-refractivity contribution is 0.0730. The highest BCUT2D eigenvalue weighted by Crippen LogP contribution is 2.32. The first kappa shape index (κ1) is 19.8. The van der Waals surface area contributed by atoms with Crippen LogP contribution in [0.4, 0.5) is 4.39 Å². The summed E-state index contributed by atoms with van der Waals surface area (Å²) in [5, 5.41) is 0.129. The molecule has 0 aliphatic heterocycles. The summed E-state index contributed by atoms with van der Waals surface area (Å²) in [5.74, 6) is 0.410. The van der Waals surface area contributed by atoms with E-state index in [4.69, 9.17) is 16.6 Å². The number of pyridine rings is 1. The van der Waals surface area contributed by atoms with Crippen molar-refractivity contribution in [2.24, 2.45) is 5.92 Å². The molecule has 4 rings (SSSR count). The number of unbranched alkanes of at least 4 members (excludes halogenated alkanes) is 1. The molecule has 0 N–H and O–H groups in total. The Bertz CT molecular complexity index is 1010. The summed E-state index contributed by atoms with van der Waals surface area (Å²) in [7, 11) is 0. The summed E-state index contributed by atoms with van der Waals surface area (Å²) in [6, 6.07) is 8.11. The molecule has 0 unspecified atom stereocenters. The molecule has 1 aromatic carbocycles. The van der Waals surface area contributed by atoms with Crippen LogP contribution in [0.2, 0.25) is 5.02 Å². The van der Waals surface area contributed by atoms with Gasteiger partial charge in [0, 0.05) is 19.3 Å². The lowest BCUT2D eigenvalue weighted by Crippen LogP contribution is -2.33. The smallest absolute Gasteiger partial charge is 0.258 e. The summed E-state index contributed by atoms with van der Waals surface area (Å²) < 4.78 is 16.5. The summed E-state index contributed by atoms with van der Waals surface area (Å²) >= 11 is 6.16. The molecule has 2 aromatic heterocycles. The average Bonchev–Trinajstić information content (AvgIpc) is 3.46. The van der Waals surface area contributed by atoms with E-state index in [1.165, 1.54) is 25.0 Å². The Morgan fingerprint density at radius 2 is 2.14 bits per heavy atom. The fraction of sp³-hybridized carbons (Fsp3) is 0.409. The van der Waals surface area contributed by atoms with Gasteiger partial charge in [0.15, 0.2) is 5.65 Å². The molecule has 3 aromatic rings. The molecule has 0 saturated heterocycles. The molecule has 7 heteroatoms. The zero-order chi connectivity index (χ0) is 20.4. The van der Waals surface area contributed by atoms with Gasteiger partial charge >= 0.3 is 0 Å². The minimum atomic E-state index is -0.600. The zero-order valence-corrected chi connectivity index (χ0v) is 17.2. The highest BCUT2D eigenvalue weighted by Gasteiger charge is 2.27. The number of hydrogen-bond acceptors (Lipinski definition) is 3.